The number of methoxy groups -OCH3 is 3. The zero-order chi connectivity index (χ0) is 9.84. The second kappa shape index (κ2) is 3.84. The van der Waals surface area contributed by atoms with Gasteiger partial charge >= 0.3 is 0 Å². The summed E-state index contributed by atoms with van der Waals surface area (Å²) in [4.78, 5) is 3.97. The maximum absolute atomic E-state index is 5.66. The molecule has 0 fully saturated rings. The molecule has 0 atom stereocenters. The summed E-state index contributed by atoms with van der Waals surface area (Å²) in [6.45, 7) is 0. The van der Waals surface area contributed by atoms with Crippen molar-refractivity contribution in [1.29, 1.82) is 0 Å². The third-order valence-corrected chi connectivity index (χ3v) is 1.58. The standard InChI is InChI=1S/C8H12N2O3/c1-11-5-4-6(12-2)10-8(13-3)7(5)9/h4H,9H2,1-3H3. The molecule has 2 N–H and O–H groups in total. The molecule has 0 bridgehead atoms. The van der Waals surface area contributed by atoms with Crippen molar-refractivity contribution >= 4 is 5.69 Å². The average molecular weight is 184 g/mol. The van der Waals surface area contributed by atoms with Gasteiger partial charge in [-0.25, -0.2) is 0 Å². The molecular formula is C8H12N2O3. The highest BCUT2D eigenvalue weighted by Crippen LogP contribution is 2.32. The Morgan fingerprint density at radius 2 is 1.85 bits per heavy atom. The van der Waals surface area contributed by atoms with Crippen LogP contribution in [0, 0.1) is 0 Å². The van der Waals surface area contributed by atoms with Crippen molar-refractivity contribution in [3.05, 3.63) is 6.07 Å². The topological polar surface area (TPSA) is 66.6 Å². The van der Waals surface area contributed by atoms with Crippen LogP contribution in [0.25, 0.3) is 0 Å². The summed E-state index contributed by atoms with van der Waals surface area (Å²) in [6, 6.07) is 1.60. The van der Waals surface area contributed by atoms with Crippen LogP contribution < -0.4 is 19.9 Å². The van der Waals surface area contributed by atoms with E-state index >= 15 is 0 Å². The van der Waals surface area contributed by atoms with Crippen LogP contribution in [-0.2, 0) is 0 Å². The predicted octanol–water partition coefficient (Wildman–Crippen LogP) is 0.690. The zero-order valence-electron chi connectivity index (χ0n) is 7.83. The van der Waals surface area contributed by atoms with Gasteiger partial charge in [0.05, 0.1) is 21.3 Å². The van der Waals surface area contributed by atoms with E-state index in [9.17, 15) is 0 Å². The highest BCUT2D eigenvalue weighted by molar-refractivity contribution is 5.61. The van der Waals surface area contributed by atoms with Crippen molar-refractivity contribution in [2.75, 3.05) is 27.1 Å². The smallest absolute Gasteiger partial charge is 0.244 e. The van der Waals surface area contributed by atoms with Gasteiger partial charge < -0.3 is 19.9 Å². The molecule has 0 aromatic carbocycles. The quantitative estimate of drug-likeness (QED) is 0.748. The first-order valence-electron chi connectivity index (χ1n) is 3.65. The largest absolute Gasteiger partial charge is 0.494 e. The lowest BCUT2D eigenvalue weighted by Gasteiger charge is -2.09. The van der Waals surface area contributed by atoms with Gasteiger partial charge in [-0.15, -0.1) is 0 Å². The summed E-state index contributed by atoms with van der Waals surface area (Å²) in [5.74, 6) is 1.20. The summed E-state index contributed by atoms with van der Waals surface area (Å²) in [5, 5.41) is 0. The van der Waals surface area contributed by atoms with Crippen molar-refractivity contribution in [2.24, 2.45) is 0 Å². The first-order chi connectivity index (χ1) is 6.22. The molecule has 0 aliphatic rings. The molecule has 0 saturated heterocycles. The zero-order valence-corrected chi connectivity index (χ0v) is 7.83. The molecule has 0 unspecified atom stereocenters. The summed E-state index contributed by atoms with van der Waals surface area (Å²) in [7, 11) is 4.51. The molecule has 0 aliphatic carbocycles. The van der Waals surface area contributed by atoms with Crippen LogP contribution in [0.4, 0.5) is 5.69 Å². The summed E-state index contributed by atoms with van der Waals surface area (Å²) in [6.07, 6.45) is 0. The lowest BCUT2D eigenvalue weighted by Crippen LogP contribution is -2.00. The van der Waals surface area contributed by atoms with Crippen molar-refractivity contribution in [3.63, 3.8) is 0 Å². The SMILES string of the molecule is COc1cc(OC)c(N)c(OC)n1. The molecule has 1 aromatic heterocycles. The lowest BCUT2D eigenvalue weighted by atomic mass is 10.3. The number of rotatable bonds is 3. The molecule has 1 rings (SSSR count). The van der Waals surface area contributed by atoms with Crippen LogP contribution in [0.3, 0.4) is 0 Å². The van der Waals surface area contributed by atoms with E-state index in [4.69, 9.17) is 19.9 Å². The van der Waals surface area contributed by atoms with E-state index in [1.165, 1.54) is 21.3 Å². The molecule has 5 heteroatoms. The van der Waals surface area contributed by atoms with Crippen molar-refractivity contribution in [1.82, 2.24) is 4.98 Å². The molecule has 0 saturated carbocycles. The fourth-order valence-electron chi connectivity index (χ4n) is 0.917. The number of ether oxygens (including phenoxy) is 3. The second-order valence-electron chi connectivity index (χ2n) is 2.29. The van der Waals surface area contributed by atoms with Gasteiger partial charge in [-0.1, -0.05) is 0 Å². The number of hydrogen-bond acceptors (Lipinski definition) is 5. The lowest BCUT2D eigenvalue weighted by molar-refractivity contribution is 0.354. The minimum atomic E-state index is 0.302. The van der Waals surface area contributed by atoms with Crippen molar-refractivity contribution in [2.45, 2.75) is 0 Å². The maximum atomic E-state index is 5.66. The minimum absolute atomic E-state index is 0.302. The van der Waals surface area contributed by atoms with E-state index in [0.29, 0.717) is 23.2 Å². The van der Waals surface area contributed by atoms with Crippen LogP contribution in [0.1, 0.15) is 0 Å². The van der Waals surface area contributed by atoms with E-state index in [1.54, 1.807) is 6.07 Å². The average Bonchev–Trinajstić information content (AvgIpc) is 2.18. The Labute approximate surface area is 76.4 Å². The Morgan fingerprint density at radius 3 is 2.31 bits per heavy atom. The Hall–Kier alpha value is -1.65. The summed E-state index contributed by atoms with van der Waals surface area (Å²) in [5.41, 5.74) is 6.03. The Kier molecular flexibility index (Phi) is 2.79. The molecule has 72 valence electrons. The highest BCUT2D eigenvalue weighted by Gasteiger charge is 2.10. The van der Waals surface area contributed by atoms with Gasteiger partial charge in [0.15, 0.2) is 5.75 Å². The van der Waals surface area contributed by atoms with Crippen molar-refractivity contribution in [3.8, 4) is 17.5 Å². The Bertz CT molecular complexity index is 276. The normalized spacial score (nSPS) is 9.46. The summed E-state index contributed by atoms with van der Waals surface area (Å²) < 4.78 is 14.9. The highest BCUT2D eigenvalue weighted by atomic mass is 16.5. The van der Waals surface area contributed by atoms with E-state index in [0.717, 1.165) is 0 Å². The van der Waals surface area contributed by atoms with Crippen molar-refractivity contribution < 1.29 is 14.2 Å². The van der Waals surface area contributed by atoms with Crippen LogP contribution in [-0.4, -0.2) is 26.3 Å². The minimum Gasteiger partial charge on any atom is -0.494 e. The number of nitrogens with zero attached hydrogens (tertiary/aromatic N) is 1. The molecule has 1 heterocycles. The first-order valence-corrected chi connectivity index (χ1v) is 3.65. The van der Waals surface area contributed by atoms with E-state index < -0.39 is 0 Å². The number of hydrogen-bond donors (Lipinski definition) is 1. The van der Waals surface area contributed by atoms with Gasteiger partial charge in [-0.3, -0.25) is 0 Å². The molecule has 0 amide bonds. The number of nitrogen functional groups attached to an aromatic ring is 1. The number of anilines is 1. The van der Waals surface area contributed by atoms with Gasteiger partial charge in [0, 0.05) is 6.07 Å². The van der Waals surface area contributed by atoms with Gasteiger partial charge in [0.1, 0.15) is 5.69 Å². The molecule has 13 heavy (non-hydrogen) atoms. The second-order valence-corrected chi connectivity index (χ2v) is 2.29. The van der Waals surface area contributed by atoms with Gasteiger partial charge in [0.25, 0.3) is 0 Å². The third kappa shape index (κ3) is 1.74. The van der Waals surface area contributed by atoms with Crippen LogP contribution in [0.2, 0.25) is 0 Å². The van der Waals surface area contributed by atoms with Gasteiger partial charge in [-0.05, 0) is 0 Å². The molecule has 5 nitrogen and oxygen atoms in total. The molecule has 0 radical (unpaired) electrons. The molecular weight excluding hydrogens is 172 g/mol. The molecule has 0 aliphatic heterocycles. The fourth-order valence-corrected chi connectivity index (χ4v) is 0.917. The van der Waals surface area contributed by atoms with Crippen LogP contribution in [0.5, 0.6) is 17.5 Å². The Morgan fingerprint density at radius 1 is 1.15 bits per heavy atom. The predicted molar refractivity (Wildman–Crippen MR) is 48.3 cm³/mol. The van der Waals surface area contributed by atoms with E-state index in [2.05, 4.69) is 4.98 Å². The van der Waals surface area contributed by atoms with Crippen LogP contribution >= 0.6 is 0 Å². The number of pyridine rings is 1. The maximum Gasteiger partial charge on any atom is 0.244 e. The molecule has 0 spiro atoms. The monoisotopic (exact) mass is 184 g/mol. The van der Waals surface area contributed by atoms with E-state index in [-0.39, 0.29) is 0 Å². The molecule has 1 aromatic rings. The summed E-state index contributed by atoms with van der Waals surface area (Å²) >= 11 is 0. The first kappa shape index (κ1) is 9.44. The third-order valence-electron chi connectivity index (χ3n) is 1.58. The van der Waals surface area contributed by atoms with E-state index in [1.807, 2.05) is 0 Å². The van der Waals surface area contributed by atoms with Crippen LogP contribution in [0.15, 0.2) is 6.07 Å². The number of aromatic nitrogens is 1. The fraction of sp³-hybridized carbons (Fsp3) is 0.375. The van der Waals surface area contributed by atoms with Gasteiger partial charge in [0.2, 0.25) is 11.8 Å². The number of nitrogens with two attached hydrogens (primary N) is 1. The van der Waals surface area contributed by atoms with Gasteiger partial charge in [-0.2, -0.15) is 4.98 Å². The Balaban J connectivity index is 3.20.